The van der Waals surface area contributed by atoms with Crippen molar-refractivity contribution in [3.8, 4) is 11.5 Å². The van der Waals surface area contributed by atoms with Gasteiger partial charge in [-0.3, -0.25) is 9.59 Å². The molecule has 0 saturated carbocycles. The molecule has 1 unspecified atom stereocenters. The fourth-order valence-corrected chi connectivity index (χ4v) is 4.53. The van der Waals surface area contributed by atoms with Crippen LogP contribution in [0, 0.1) is 0 Å². The number of fused-ring (bicyclic) bond motifs is 1. The molecule has 34 heavy (non-hydrogen) atoms. The number of ketones is 1. The van der Waals surface area contributed by atoms with Gasteiger partial charge in [0, 0.05) is 19.7 Å². The summed E-state index contributed by atoms with van der Waals surface area (Å²) in [4.78, 5) is 27.8. The number of aliphatic hydroxyl groups excluding tert-OH is 1. The number of ether oxygens (including phenoxy) is 3. The Labute approximate surface area is 202 Å². The van der Waals surface area contributed by atoms with Crippen molar-refractivity contribution in [2.45, 2.75) is 6.04 Å². The van der Waals surface area contributed by atoms with Crippen LogP contribution in [0.5, 0.6) is 11.5 Å². The van der Waals surface area contributed by atoms with E-state index in [9.17, 15) is 14.7 Å². The van der Waals surface area contributed by atoms with Crippen LogP contribution in [0.1, 0.15) is 17.2 Å². The number of rotatable bonds is 7. The number of halogens is 1. The molecule has 1 N–H and O–H groups in total. The Bertz CT molecular complexity index is 1300. The van der Waals surface area contributed by atoms with Crippen LogP contribution in [-0.4, -0.2) is 56.2 Å². The average Bonchev–Trinajstić information content (AvgIpc) is 3.11. The Kier molecular flexibility index (Phi) is 6.77. The molecule has 176 valence electrons. The molecule has 0 spiro atoms. The zero-order valence-corrected chi connectivity index (χ0v) is 19.8. The van der Waals surface area contributed by atoms with Gasteiger partial charge in [0.25, 0.3) is 11.7 Å². The lowest BCUT2D eigenvalue weighted by atomic mass is 9.91. The van der Waals surface area contributed by atoms with Crippen molar-refractivity contribution in [2.24, 2.45) is 0 Å². The minimum absolute atomic E-state index is 0.0415. The van der Waals surface area contributed by atoms with Crippen molar-refractivity contribution in [3.63, 3.8) is 0 Å². The monoisotopic (exact) mass is 481 g/mol. The Balaban J connectivity index is 2.00. The van der Waals surface area contributed by atoms with Gasteiger partial charge in [-0.2, -0.15) is 0 Å². The lowest BCUT2D eigenvalue weighted by Crippen LogP contribution is -2.32. The molecule has 1 saturated heterocycles. The molecule has 4 rings (SSSR count). The topological polar surface area (TPSA) is 85.3 Å². The maximum absolute atomic E-state index is 13.3. The number of nitrogens with zero attached hydrogens (tertiary/aromatic N) is 1. The molecular weight excluding hydrogens is 458 g/mol. The third-order valence-electron chi connectivity index (χ3n) is 5.92. The van der Waals surface area contributed by atoms with Gasteiger partial charge in [-0.25, -0.2) is 0 Å². The van der Waals surface area contributed by atoms with E-state index in [1.807, 2.05) is 42.5 Å². The third-order valence-corrected chi connectivity index (χ3v) is 6.22. The Morgan fingerprint density at radius 3 is 2.41 bits per heavy atom. The van der Waals surface area contributed by atoms with Gasteiger partial charge in [-0.05, 0) is 22.4 Å². The van der Waals surface area contributed by atoms with E-state index in [1.165, 1.54) is 38.4 Å². The zero-order chi connectivity index (χ0) is 24.4. The first-order valence-corrected chi connectivity index (χ1v) is 11.0. The maximum atomic E-state index is 13.3. The number of methoxy groups -OCH3 is 3. The molecule has 0 aliphatic carbocycles. The first-order valence-electron chi connectivity index (χ1n) is 10.6. The van der Waals surface area contributed by atoms with Crippen LogP contribution in [0.2, 0.25) is 5.02 Å². The van der Waals surface area contributed by atoms with Gasteiger partial charge in [0.15, 0.2) is 0 Å². The van der Waals surface area contributed by atoms with Crippen molar-refractivity contribution in [1.82, 2.24) is 4.90 Å². The average molecular weight is 482 g/mol. The maximum Gasteiger partial charge on any atom is 0.295 e. The highest BCUT2D eigenvalue weighted by Crippen LogP contribution is 2.44. The molecular formula is C26H24ClNO6. The van der Waals surface area contributed by atoms with E-state index in [4.69, 9.17) is 25.8 Å². The summed E-state index contributed by atoms with van der Waals surface area (Å²) in [6.07, 6.45) is 0. The fourth-order valence-electron chi connectivity index (χ4n) is 4.30. The SMILES string of the molecule is COCCN1C(=O)C(=O)/C(=C(/O)c2cc(OC)c(Cl)cc2OC)C1c1cccc2ccccc12. The lowest BCUT2D eigenvalue weighted by molar-refractivity contribution is -0.140. The molecule has 0 aromatic heterocycles. The van der Waals surface area contributed by atoms with Crippen molar-refractivity contribution < 1.29 is 28.9 Å². The summed E-state index contributed by atoms with van der Waals surface area (Å²) in [7, 11) is 4.39. The molecule has 7 nitrogen and oxygen atoms in total. The predicted octanol–water partition coefficient (Wildman–Crippen LogP) is 4.58. The summed E-state index contributed by atoms with van der Waals surface area (Å²) in [5.41, 5.74) is 0.869. The second-order valence-corrected chi connectivity index (χ2v) is 8.15. The summed E-state index contributed by atoms with van der Waals surface area (Å²) in [6.45, 7) is 0.402. The van der Waals surface area contributed by atoms with Gasteiger partial charge in [-0.1, -0.05) is 54.1 Å². The number of benzene rings is 3. The van der Waals surface area contributed by atoms with Gasteiger partial charge < -0.3 is 24.2 Å². The molecule has 1 heterocycles. The highest BCUT2D eigenvalue weighted by atomic mass is 35.5. The summed E-state index contributed by atoms with van der Waals surface area (Å²) >= 11 is 6.22. The molecule has 3 aromatic rings. The molecule has 1 fully saturated rings. The summed E-state index contributed by atoms with van der Waals surface area (Å²) in [6, 6.07) is 15.5. The predicted molar refractivity (Wildman–Crippen MR) is 129 cm³/mol. The van der Waals surface area contributed by atoms with Gasteiger partial charge in [0.1, 0.15) is 17.3 Å². The lowest BCUT2D eigenvalue weighted by Gasteiger charge is -2.26. The molecule has 1 aliphatic rings. The summed E-state index contributed by atoms with van der Waals surface area (Å²) in [5, 5.41) is 13.5. The number of aliphatic hydroxyl groups is 1. The van der Waals surface area contributed by atoms with E-state index in [0.717, 1.165) is 16.3 Å². The highest BCUT2D eigenvalue weighted by molar-refractivity contribution is 6.46. The Morgan fingerprint density at radius 1 is 1.00 bits per heavy atom. The number of hydrogen-bond donors (Lipinski definition) is 1. The summed E-state index contributed by atoms with van der Waals surface area (Å²) in [5.74, 6) is -1.34. The Hall–Kier alpha value is -3.55. The van der Waals surface area contributed by atoms with Gasteiger partial charge >= 0.3 is 0 Å². The first-order chi connectivity index (χ1) is 16.4. The number of hydrogen-bond acceptors (Lipinski definition) is 6. The Morgan fingerprint density at radius 2 is 1.71 bits per heavy atom. The van der Waals surface area contributed by atoms with Gasteiger partial charge in [0.2, 0.25) is 0 Å². The van der Waals surface area contributed by atoms with Crippen LogP contribution in [0.25, 0.3) is 16.5 Å². The molecule has 0 bridgehead atoms. The van der Waals surface area contributed by atoms with E-state index in [1.54, 1.807) is 0 Å². The number of likely N-dealkylation sites (tertiary alicyclic amines) is 1. The van der Waals surface area contributed by atoms with Crippen LogP contribution in [0.15, 0.2) is 60.2 Å². The summed E-state index contributed by atoms with van der Waals surface area (Å²) < 4.78 is 15.9. The molecule has 0 radical (unpaired) electrons. The van der Waals surface area contributed by atoms with Crippen LogP contribution >= 0.6 is 11.6 Å². The smallest absolute Gasteiger partial charge is 0.295 e. The van der Waals surface area contributed by atoms with Crippen LogP contribution < -0.4 is 9.47 Å². The van der Waals surface area contributed by atoms with Gasteiger partial charge in [0.05, 0.1) is 43.0 Å². The zero-order valence-electron chi connectivity index (χ0n) is 19.0. The van der Waals surface area contributed by atoms with Crippen molar-refractivity contribution in [3.05, 3.63) is 76.3 Å². The second-order valence-electron chi connectivity index (χ2n) is 7.74. The van der Waals surface area contributed by atoms with E-state index < -0.39 is 17.7 Å². The molecule has 1 amide bonds. The quantitative estimate of drug-likeness (QED) is 0.302. The normalized spacial score (nSPS) is 17.4. The number of carbonyl (C=O) groups is 2. The van der Waals surface area contributed by atoms with E-state index in [-0.39, 0.29) is 40.8 Å². The van der Waals surface area contributed by atoms with E-state index in [0.29, 0.717) is 5.75 Å². The number of carbonyl (C=O) groups excluding carboxylic acids is 2. The van der Waals surface area contributed by atoms with Crippen molar-refractivity contribution in [2.75, 3.05) is 34.5 Å². The minimum Gasteiger partial charge on any atom is -0.507 e. The molecule has 1 aliphatic heterocycles. The molecule has 8 heteroatoms. The van der Waals surface area contributed by atoms with Crippen molar-refractivity contribution in [1.29, 1.82) is 0 Å². The fraction of sp³-hybridized carbons (Fsp3) is 0.231. The molecule has 3 aromatic carbocycles. The largest absolute Gasteiger partial charge is 0.507 e. The standard InChI is InChI=1S/C26H24ClNO6/c1-32-12-11-28-23(17-10-6-8-15-7-4-5-9-16(15)17)22(25(30)26(28)31)24(29)18-13-21(34-3)19(27)14-20(18)33-2/h4-10,13-14,23,29H,11-12H2,1-3H3/b24-22+. The van der Waals surface area contributed by atoms with E-state index >= 15 is 0 Å². The van der Waals surface area contributed by atoms with Crippen LogP contribution in [-0.2, 0) is 14.3 Å². The first kappa shape index (κ1) is 23.6. The highest BCUT2D eigenvalue weighted by Gasteiger charge is 2.46. The third kappa shape index (κ3) is 3.97. The minimum atomic E-state index is -0.826. The van der Waals surface area contributed by atoms with Crippen molar-refractivity contribution >= 4 is 39.8 Å². The van der Waals surface area contributed by atoms with Crippen LogP contribution in [0.3, 0.4) is 0 Å². The second kappa shape index (κ2) is 9.75. The number of amides is 1. The van der Waals surface area contributed by atoms with Crippen LogP contribution in [0.4, 0.5) is 0 Å². The van der Waals surface area contributed by atoms with Gasteiger partial charge in [-0.15, -0.1) is 0 Å². The number of Topliss-reactive ketones (excluding diaryl/α,β-unsaturated/α-hetero) is 1. The molecule has 1 atom stereocenters. The van der Waals surface area contributed by atoms with E-state index in [2.05, 4.69) is 0 Å².